The molecule has 1 aliphatic heterocycles. The molecule has 4 heteroatoms. The lowest BCUT2D eigenvalue weighted by molar-refractivity contribution is -0.179. The van der Waals surface area contributed by atoms with E-state index in [2.05, 4.69) is 0 Å². The Morgan fingerprint density at radius 3 is 2.08 bits per heavy atom. The summed E-state index contributed by atoms with van der Waals surface area (Å²) in [5, 5.41) is 11.3. The molecule has 1 heterocycles. The molecule has 0 radical (unpaired) electrons. The molecule has 2 aromatic carbocycles. The van der Waals surface area contributed by atoms with Crippen molar-refractivity contribution in [2.24, 2.45) is 0 Å². The van der Waals surface area contributed by atoms with Crippen molar-refractivity contribution >= 4 is 5.97 Å². The van der Waals surface area contributed by atoms with E-state index in [0.29, 0.717) is 11.1 Å². The predicted molar refractivity (Wildman–Crippen MR) is 92.2 cm³/mol. The van der Waals surface area contributed by atoms with E-state index in [1.54, 1.807) is 24.3 Å². The van der Waals surface area contributed by atoms with Crippen molar-refractivity contribution in [3.8, 4) is 0 Å². The third-order valence-electron chi connectivity index (χ3n) is 4.63. The molecule has 0 aliphatic carbocycles. The van der Waals surface area contributed by atoms with E-state index < -0.39 is 11.6 Å². The van der Waals surface area contributed by atoms with Crippen molar-refractivity contribution in [2.75, 3.05) is 13.6 Å². The highest BCUT2D eigenvalue weighted by Crippen LogP contribution is 2.32. The Morgan fingerprint density at radius 2 is 1.58 bits per heavy atom. The van der Waals surface area contributed by atoms with Gasteiger partial charge in [0.2, 0.25) is 5.60 Å². The highest BCUT2D eigenvalue weighted by atomic mass is 16.6. The standard InChI is InChI=1S/C20H23NO3/c1-21-15-9-8-14-18(21)24-19(22)20(23,16-10-4-2-5-11-16)17-12-6-3-7-13-17/h2-7,10-13,18,23H,8-9,14-15H2,1H3. The van der Waals surface area contributed by atoms with Crippen LogP contribution in [0.1, 0.15) is 30.4 Å². The summed E-state index contributed by atoms with van der Waals surface area (Å²) >= 11 is 0. The number of carbonyl (C=O) groups excluding carboxylic acids is 1. The molecule has 0 spiro atoms. The lowest BCUT2D eigenvalue weighted by Gasteiger charge is -2.35. The molecule has 1 fully saturated rings. The summed E-state index contributed by atoms with van der Waals surface area (Å²) in [5.41, 5.74) is -0.778. The molecule has 1 N–H and O–H groups in total. The Morgan fingerprint density at radius 1 is 1.04 bits per heavy atom. The number of hydrogen-bond acceptors (Lipinski definition) is 4. The summed E-state index contributed by atoms with van der Waals surface area (Å²) in [6.45, 7) is 0.896. The first-order valence-corrected chi connectivity index (χ1v) is 8.37. The van der Waals surface area contributed by atoms with Gasteiger partial charge in [-0.1, -0.05) is 60.7 Å². The molecule has 0 bridgehead atoms. The minimum Gasteiger partial charge on any atom is -0.444 e. The van der Waals surface area contributed by atoms with Crippen molar-refractivity contribution < 1.29 is 14.6 Å². The lowest BCUT2D eigenvalue weighted by atomic mass is 9.86. The van der Waals surface area contributed by atoms with Crippen molar-refractivity contribution in [1.29, 1.82) is 0 Å². The zero-order chi connectivity index (χ0) is 17.0. The number of ether oxygens (including phenoxy) is 1. The van der Waals surface area contributed by atoms with Crippen molar-refractivity contribution in [3.05, 3.63) is 71.8 Å². The van der Waals surface area contributed by atoms with Gasteiger partial charge in [0.25, 0.3) is 0 Å². The average Bonchev–Trinajstić information content (AvgIpc) is 2.64. The summed E-state index contributed by atoms with van der Waals surface area (Å²) in [4.78, 5) is 15.0. The molecular formula is C20H23NO3. The van der Waals surface area contributed by atoms with Crippen molar-refractivity contribution in [1.82, 2.24) is 4.90 Å². The van der Waals surface area contributed by atoms with Crippen LogP contribution in [0.15, 0.2) is 60.7 Å². The number of benzene rings is 2. The second kappa shape index (κ2) is 7.16. The van der Waals surface area contributed by atoms with Crippen LogP contribution in [0.25, 0.3) is 0 Å². The van der Waals surface area contributed by atoms with Gasteiger partial charge in [-0.05, 0) is 37.4 Å². The van der Waals surface area contributed by atoms with Crippen LogP contribution in [0.5, 0.6) is 0 Å². The maximum absolute atomic E-state index is 13.0. The largest absolute Gasteiger partial charge is 0.444 e. The second-order valence-electron chi connectivity index (χ2n) is 6.28. The smallest absolute Gasteiger partial charge is 0.349 e. The fourth-order valence-corrected chi connectivity index (χ4v) is 3.16. The Bertz CT molecular complexity index is 632. The first kappa shape index (κ1) is 16.7. The average molecular weight is 325 g/mol. The number of esters is 1. The Kier molecular flexibility index (Phi) is 4.97. The molecule has 0 amide bonds. The van der Waals surface area contributed by atoms with E-state index in [1.807, 2.05) is 48.3 Å². The fourth-order valence-electron chi connectivity index (χ4n) is 3.16. The third-order valence-corrected chi connectivity index (χ3v) is 4.63. The van der Waals surface area contributed by atoms with Gasteiger partial charge in [-0.3, -0.25) is 4.90 Å². The summed E-state index contributed by atoms with van der Waals surface area (Å²) in [6, 6.07) is 17.9. The molecule has 1 atom stereocenters. The summed E-state index contributed by atoms with van der Waals surface area (Å²) in [7, 11) is 1.95. The van der Waals surface area contributed by atoms with Crippen LogP contribution in [0.4, 0.5) is 0 Å². The molecule has 0 saturated carbocycles. The number of hydrogen-bond donors (Lipinski definition) is 1. The highest BCUT2D eigenvalue weighted by molar-refractivity contribution is 5.85. The van der Waals surface area contributed by atoms with Crippen molar-refractivity contribution in [2.45, 2.75) is 31.1 Å². The number of likely N-dealkylation sites (tertiary alicyclic amines) is 1. The van der Waals surface area contributed by atoms with E-state index in [4.69, 9.17) is 4.74 Å². The topological polar surface area (TPSA) is 49.8 Å². The summed E-state index contributed by atoms with van der Waals surface area (Å²) in [5.74, 6) is -0.626. The molecule has 3 rings (SSSR count). The van der Waals surface area contributed by atoms with E-state index in [1.165, 1.54) is 0 Å². The monoisotopic (exact) mass is 325 g/mol. The first-order chi connectivity index (χ1) is 11.6. The third kappa shape index (κ3) is 3.21. The Labute approximate surface area is 142 Å². The van der Waals surface area contributed by atoms with E-state index in [-0.39, 0.29) is 6.23 Å². The first-order valence-electron chi connectivity index (χ1n) is 8.37. The van der Waals surface area contributed by atoms with Gasteiger partial charge < -0.3 is 9.84 Å². The quantitative estimate of drug-likeness (QED) is 0.878. The minimum absolute atomic E-state index is 0.287. The predicted octanol–water partition coefficient (Wildman–Crippen LogP) is 2.91. The zero-order valence-corrected chi connectivity index (χ0v) is 13.9. The minimum atomic E-state index is -1.80. The van der Waals surface area contributed by atoms with Crippen LogP contribution in [-0.4, -0.2) is 35.8 Å². The Balaban J connectivity index is 1.94. The Hall–Kier alpha value is -2.17. The molecule has 1 unspecified atom stereocenters. The van der Waals surface area contributed by atoms with E-state index in [9.17, 15) is 9.90 Å². The van der Waals surface area contributed by atoms with E-state index in [0.717, 1.165) is 25.8 Å². The van der Waals surface area contributed by atoms with Crippen LogP contribution < -0.4 is 0 Å². The zero-order valence-electron chi connectivity index (χ0n) is 13.9. The normalized spacial score (nSPS) is 19.0. The molecule has 4 nitrogen and oxygen atoms in total. The second-order valence-corrected chi connectivity index (χ2v) is 6.28. The summed E-state index contributed by atoms with van der Waals surface area (Å²) < 4.78 is 5.71. The molecule has 1 saturated heterocycles. The van der Waals surface area contributed by atoms with Gasteiger partial charge in [-0.2, -0.15) is 0 Å². The molecule has 0 aromatic heterocycles. The molecule has 24 heavy (non-hydrogen) atoms. The number of nitrogens with zero attached hydrogens (tertiary/aromatic N) is 1. The summed E-state index contributed by atoms with van der Waals surface area (Å²) in [6.07, 6.45) is 2.64. The maximum Gasteiger partial charge on any atom is 0.349 e. The number of carbonyl (C=O) groups is 1. The molecule has 1 aliphatic rings. The number of rotatable bonds is 4. The van der Waals surface area contributed by atoms with Gasteiger partial charge in [0.15, 0.2) is 6.23 Å². The molecule has 126 valence electrons. The number of aliphatic hydroxyl groups is 1. The van der Waals surface area contributed by atoms with Gasteiger partial charge in [0.05, 0.1) is 0 Å². The van der Waals surface area contributed by atoms with Gasteiger partial charge in [0, 0.05) is 6.54 Å². The van der Waals surface area contributed by atoms with Crippen LogP contribution in [-0.2, 0) is 15.1 Å². The van der Waals surface area contributed by atoms with Gasteiger partial charge >= 0.3 is 5.97 Å². The fraction of sp³-hybridized carbons (Fsp3) is 0.350. The SMILES string of the molecule is CN1CCCCC1OC(=O)C(O)(c1ccccc1)c1ccccc1. The molecule has 2 aromatic rings. The highest BCUT2D eigenvalue weighted by Gasteiger charge is 2.43. The maximum atomic E-state index is 13.0. The van der Waals surface area contributed by atoms with Crippen molar-refractivity contribution in [3.63, 3.8) is 0 Å². The van der Waals surface area contributed by atoms with Gasteiger partial charge in [-0.25, -0.2) is 4.79 Å². The van der Waals surface area contributed by atoms with Crippen LogP contribution in [0.3, 0.4) is 0 Å². The van der Waals surface area contributed by atoms with Crippen LogP contribution >= 0.6 is 0 Å². The van der Waals surface area contributed by atoms with Crippen LogP contribution in [0, 0.1) is 0 Å². The van der Waals surface area contributed by atoms with Gasteiger partial charge in [0.1, 0.15) is 0 Å². The van der Waals surface area contributed by atoms with Crippen LogP contribution in [0.2, 0.25) is 0 Å². The molecular weight excluding hydrogens is 302 g/mol. The van der Waals surface area contributed by atoms with Gasteiger partial charge in [-0.15, -0.1) is 0 Å². The van der Waals surface area contributed by atoms with E-state index >= 15 is 0 Å². The lowest BCUT2D eigenvalue weighted by Crippen LogP contribution is -2.46. The number of piperidine rings is 1.